The molecule has 0 bridgehead atoms. The van der Waals surface area contributed by atoms with Gasteiger partial charge in [0, 0.05) is 11.8 Å². The van der Waals surface area contributed by atoms with Crippen molar-refractivity contribution >= 4 is 17.6 Å². The Kier molecular flexibility index (Phi) is 2.55. The van der Waals surface area contributed by atoms with E-state index in [-0.39, 0.29) is 11.8 Å². The topological polar surface area (TPSA) is 92.4 Å². The average molecular weight is 258 g/mol. The lowest BCUT2D eigenvalue weighted by Crippen LogP contribution is -2.42. The molecule has 0 radical (unpaired) electrons. The van der Waals surface area contributed by atoms with Gasteiger partial charge in [0.05, 0.1) is 11.3 Å². The zero-order chi connectivity index (χ0) is 13.6. The zero-order valence-corrected chi connectivity index (χ0v) is 10.2. The van der Waals surface area contributed by atoms with E-state index in [1.165, 1.54) is 0 Å². The number of carboxylic acids is 1. The van der Waals surface area contributed by atoms with Crippen molar-refractivity contribution in [3.63, 3.8) is 0 Å². The van der Waals surface area contributed by atoms with E-state index in [4.69, 9.17) is 5.73 Å². The van der Waals surface area contributed by atoms with Gasteiger partial charge in [0.1, 0.15) is 6.04 Å². The summed E-state index contributed by atoms with van der Waals surface area (Å²) in [6, 6.07) is 4.63. The second-order valence-corrected chi connectivity index (χ2v) is 4.95. The maximum absolute atomic E-state index is 11.5. The SMILES string of the molecule is NC(=O)c1cccc2c1N[C@@H](C(=O)O)[C@@H]1CC=C[C@H]21. The lowest BCUT2D eigenvalue weighted by atomic mass is 9.78. The molecule has 4 N–H and O–H groups in total. The van der Waals surface area contributed by atoms with E-state index >= 15 is 0 Å². The van der Waals surface area contributed by atoms with Crippen LogP contribution < -0.4 is 11.1 Å². The Labute approximate surface area is 110 Å². The van der Waals surface area contributed by atoms with Gasteiger partial charge >= 0.3 is 5.97 Å². The lowest BCUT2D eigenvalue weighted by molar-refractivity contribution is -0.139. The average Bonchev–Trinajstić information content (AvgIpc) is 2.85. The predicted molar refractivity (Wildman–Crippen MR) is 70.0 cm³/mol. The van der Waals surface area contributed by atoms with Crippen LogP contribution in [0, 0.1) is 5.92 Å². The minimum atomic E-state index is -0.899. The smallest absolute Gasteiger partial charge is 0.326 e. The third-order valence-corrected chi connectivity index (χ3v) is 3.93. The van der Waals surface area contributed by atoms with E-state index < -0.39 is 17.9 Å². The van der Waals surface area contributed by atoms with Gasteiger partial charge < -0.3 is 16.2 Å². The fraction of sp³-hybridized carbons (Fsp3) is 0.286. The highest BCUT2D eigenvalue weighted by atomic mass is 16.4. The van der Waals surface area contributed by atoms with Gasteiger partial charge in [0.15, 0.2) is 0 Å². The molecule has 2 aliphatic rings. The van der Waals surface area contributed by atoms with Crippen molar-refractivity contribution in [1.82, 2.24) is 0 Å². The first-order valence-electron chi connectivity index (χ1n) is 6.18. The van der Waals surface area contributed by atoms with Gasteiger partial charge in [-0.1, -0.05) is 24.3 Å². The molecule has 19 heavy (non-hydrogen) atoms. The third-order valence-electron chi connectivity index (χ3n) is 3.93. The summed E-state index contributed by atoms with van der Waals surface area (Å²) in [6.07, 6.45) is 4.75. The van der Waals surface area contributed by atoms with Crippen molar-refractivity contribution in [2.75, 3.05) is 5.32 Å². The molecule has 5 heteroatoms. The van der Waals surface area contributed by atoms with Crippen molar-refractivity contribution < 1.29 is 14.7 Å². The Morgan fingerprint density at radius 3 is 2.84 bits per heavy atom. The Morgan fingerprint density at radius 2 is 2.16 bits per heavy atom. The predicted octanol–water partition coefficient (Wildman–Crippen LogP) is 1.32. The van der Waals surface area contributed by atoms with Crippen LogP contribution >= 0.6 is 0 Å². The first-order chi connectivity index (χ1) is 9.09. The fourth-order valence-corrected chi connectivity index (χ4v) is 3.07. The molecule has 1 heterocycles. The minimum absolute atomic E-state index is 0.00636. The standard InChI is InChI=1S/C14H14N2O3/c15-13(17)10-6-2-4-8-7-3-1-5-9(7)12(14(18)19)16-11(8)10/h1-4,6-7,9,12,16H,5H2,(H2,15,17)(H,18,19)/t7-,9-,12-/m1/s1. The van der Waals surface area contributed by atoms with E-state index in [9.17, 15) is 14.7 Å². The molecule has 3 rings (SSSR count). The number of para-hydroxylation sites is 1. The van der Waals surface area contributed by atoms with Gasteiger partial charge in [-0.2, -0.15) is 0 Å². The number of anilines is 1. The second kappa shape index (κ2) is 4.12. The largest absolute Gasteiger partial charge is 0.480 e. The molecule has 5 nitrogen and oxygen atoms in total. The number of hydrogen-bond acceptors (Lipinski definition) is 3. The highest BCUT2D eigenvalue weighted by Crippen LogP contribution is 2.45. The van der Waals surface area contributed by atoms with Gasteiger partial charge in [0.2, 0.25) is 0 Å². The quantitative estimate of drug-likeness (QED) is 0.698. The molecule has 1 aromatic carbocycles. The number of fused-ring (bicyclic) bond motifs is 3. The molecule has 0 saturated carbocycles. The number of amides is 1. The van der Waals surface area contributed by atoms with E-state index in [1.807, 2.05) is 18.2 Å². The van der Waals surface area contributed by atoms with Crippen molar-refractivity contribution in [3.8, 4) is 0 Å². The van der Waals surface area contributed by atoms with Crippen LogP contribution in [-0.4, -0.2) is 23.0 Å². The number of allylic oxidation sites excluding steroid dienone is 2. The monoisotopic (exact) mass is 258 g/mol. The molecule has 0 fully saturated rings. The Morgan fingerprint density at radius 1 is 1.37 bits per heavy atom. The molecule has 0 saturated heterocycles. The van der Waals surface area contributed by atoms with Crippen LogP contribution in [0.5, 0.6) is 0 Å². The van der Waals surface area contributed by atoms with Crippen molar-refractivity contribution in [2.45, 2.75) is 18.4 Å². The second-order valence-electron chi connectivity index (χ2n) is 4.95. The maximum atomic E-state index is 11.5. The van der Waals surface area contributed by atoms with Crippen LogP contribution in [0.4, 0.5) is 5.69 Å². The lowest BCUT2D eigenvalue weighted by Gasteiger charge is -2.35. The number of benzene rings is 1. The van der Waals surface area contributed by atoms with Gasteiger partial charge in [-0.3, -0.25) is 4.79 Å². The molecule has 0 aromatic heterocycles. The molecule has 3 atom stereocenters. The van der Waals surface area contributed by atoms with Crippen LogP contribution in [0.3, 0.4) is 0 Å². The maximum Gasteiger partial charge on any atom is 0.326 e. The van der Waals surface area contributed by atoms with Gasteiger partial charge in [-0.05, 0) is 18.1 Å². The molecule has 0 spiro atoms. The van der Waals surface area contributed by atoms with E-state index in [1.54, 1.807) is 12.1 Å². The van der Waals surface area contributed by atoms with Crippen LogP contribution in [0.1, 0.15) is 28.3 Å². The summed E-state index contributed by atoms with van der Waals surface area (Å²) in [6.45, 7) is 0. The van der Waals surface area contributed by atoms with Crippen LogP contribution in [0.2, 0.25) is 0 Å². The Hall–Kier alpha value is -2.30. The molecule has 98 valence electrons. The Balaban J connectivity index is 2.15. The number of carboxylic acid groups (broad SMARTS) is 1. The minimum Gasteiger partial charge on any atom is -0.480 e. The van der Waals surface area contributed by atoms with Gasteiger partial charge in [-0.25, -0.2) is 4.79 Å². The van der Waals surface area contributed by atoms with Gasteiger partial charge in [0.25, 0.3) is 5.91 Å². The summed E-state index contributed by atoms with van der Waals surface area (Å²) in [7, 11) is 0. The first-order valence-corrected chi connectivity index (χ1v) is 6.18. The van der Waals surface area contributed by atoms with E-state index in [2.05, 4.69) is 5.32 Å². The van der Waals surface area contributed by atoms with Gasteiger partial charge in [-0.15, -0.1) is 0 Å². The summed E-state index contributed by atoms with van der Waals surface area (Å²) < 4.78 is 0. The molecule has 1 aliphatic heterocycles. The number of nitrogens with one attached hydrogen (secondary N) is 1. The van der Waals surface area contributed by atoms with E-state index in [0.717, 1.165) is 12.0 Å². The number of carbonyl (C=O) groups excluding carboxylic acids is 1. The highest BCUT2D eigenvalue weighted by Gasteiger charge is 2.41. The summed E-state index contributed by atoms with van der Waals surface area (Å²) in [5.74, 6) is -1.41. The summed E-state index contributed by atoms with van der Waals surface area (Å²) in [5, 5.41) is 12.3. The number of carbonyl (C=O) groups is 2. The Bertz CT molecular complexity index is 594. The van der Waals surface area contributed by atoms with Crippen molar-refractivity contribution in [3.05, 3.63) is 41.5 Å². The number of rotatable bonds is 2. The van der Waals surface area contributed by atoms with E-state index in [0.29, 0.717) is 11.3 Å². The summed E-state index contributed by atoms with van der Waals surface area (Å²) >= 11 is 0. The van der Waals surface area contributed by atoms with Crippen LogP contribution in [-0.2, 0) is 4.79 Å². The molecular formula is C14H14N2O3. The van der Waals surface area contributed by atoms with Crippen LogP contribution in [0.15, 0.2) is 30.4 Å². The third kappa shape index (κ3) is 1.69. The zero-order valence-electron chi connectivity index (χ0n) is 10.2. The van der Waals surface area contributed by atoms with Crippen LogP contribution in [0.25, 0.3) is 0 Å². The molecule has 1 amide bonds. The number of aliphatic carboxylic acids is 1. The normalized spacial score (nSPS) is 27.3. The van der Waals surface area contributed by atoms with Crippen molar-refractivity contribution in [1.29, 1.82) is 0 Å². The summed E-state index contributed by atoms with van der Waals surface area (Å²) in [5.41, 5.74) is 7.22. The number of nitrogens with two attached hydrogens (primary N) is 1. The molecule has 1 aliphatic carbocycles. The van der Waals surface area contributed by atoms with Crippen molar-refractivity contribution in [2.24, 2.45) is 11.7 Å². The summed E-state index contributed by atoms with van der Waals surface area (Å²) in [4.78, 5) is 22.8. The molecule has 1 aromatic rings. The fourth-order valence-electron chi connectivity index (χ4n) is 3.07. The molecule has 0 unspecified atom stereocenters. The highest BCUT2D eigenvalue weighted by molar-refractivity contribution is 6.00. The first kappa shape index (κ1) is 11.8. The number of primary amides is 1. The molecular weight excluding hydrogens is 244 g/mol. The number of hydrogen-bond donors (Lipinski definition) is 3.